The maximum absolute atomic E-state index is 13.3. The standard InChI is InChI=1S/C21H32O2/c1-5-20(6-2)15-12-16(21(20,7-3)19(22)23-8-4)18-14-10-9-13(11-14)17(15)18/h9-10,13-18H,5-8,11-12H2,1-4H3. The monoisotopic (exact) mass is 316 g/mol. The van der Waals surface area contributed by atoms with Crippen LogP contribution in [0.5, 0.6) is 0 Å². The molecule has 3 fully saturated rings. The molecule has 4 rings (SSSR count). The van der Waals surface area contributed by atoms with E-state index in [9.17, 15) is 4.79 Å². The summed E-state index contributed by atoms with van der Waals surface area (Å²) in [4.78, 5) is 13.3. The third-order valence-electron chi connectivity index (χ3n) is 8.71. The molecule has 2 nitrogen and oxygen atoms in total. The summed E-state index contributed by atoms with van der Waals surface area (Å²) in [6, 6.07) is 0. The normalized spacial score (nSPS) is 48.0. The number of esters is 1. The minimum absolute atomic E-state index is 0.129. The number of fused-ring (bicyclic) bond motifs is 9. The zero-order valence-corrected chi connectivity index (χ0v) is 15.2. The van der Waals surface area contributed by atoms with E-state index in [-0.39, 0.29) is 16.8 Å². The first-order valence-electron chi connectivity index (χ1n) is 9.96. The van der Waals surface area contributed by atoms with E-state index in [4.69, 9.17) is 4.74 Å². The molecule has 3 saturated carbocycles. The van der Waals surface area contributed by atoms with E-state index in [1.54, 1.807) is 0 Å². The largest absolute Gasteiger partial charge is 0.466 e. The van der Waals surface area contributed by atoms with Gasteiger partial charge in [0, 0.05) is 0 Å². The first-order chi connectivity index (χ1) is 11.1. The Bertz CT molecular complexity index is 532. The van der Waals surface area contributed by atoms with Crippen LogP contribution in [0.2, 0.25) is 0 Å². The van der Waals surface area contributed by atoms with Gasteiger partial charge in [-0.25, -0.2) is 0 Å². The zero-order chi connectivity index (χ0) is 16.4. The predicted octanol–water partition coefficient (Wildman–Crippen LogP) is 4.84. The second-order valence-corrected chi connectivity index (χ2v) is 8.46. The molecule has 0 amide bonds. The van der Waals surface area contributed by atoms with Gasteiger partial charge in [-0.15, -0.1) is 0 Å². The van der Waals surface area contributed by atoms with Crippen LogP contribution in [0.25, 0.3) is 0 Å². The molecule has 7 unspecified atom stereocenters. The summed E-state index contributed by atoms with van der Waals surface area (Å²) in [6.45, 7) is 9.37. The topological polar surface area (TPSA) is 26.3 Å². The Labute approximate surface area is 141 Å². The Morgan fingerprint density at radius 1 is 0.957 bits per heavy atom. The summed E-state index contributed by atoms with van der Waals surface area (Å²) in [5.41, 5.74) is -0.0607. The van der Waals surface area contributed by atoms with Crippen LogP contribution >= 0.6 is 0 Å². The third kappa shape index (κ3) is 1.54. The van der Waals surface area contributed by atoms with Crippen molar-refractivity contribution in [3.63, 3.8) is 0 Å². The highest BCUT2D eigenvalue weighted by atomic mass is 16.5. The molecule has 0 aliphatic heterocycles. The number of ether oxygens (including phenoxy) is 1. The predicted molar refractivity (Wildman–Crippen MR) is 91.7 cm³/mol. The van der Waals surface area contributed by atoms with Crippen molar-refractivity contribution < 1.29 is 9.53 Å². The van der Waals surface area contributed by atoms with Crippen molar-refractivity contribution in [3.8, 4) is 0 Å². The molecule has 4 aliphatic carbocycles. The van der Waals surface area contributed by atoms with Crippen molar-refractivity contribution in [1.29, 1.82) is 0 Å². The van der Waals surface area contributed by atoms with Crippen molar-refractivity contribution >= 4 is 5.97 Å². The van der Waals surface area contributed by atoms with Gasteiger partial charge in [-0.1, -0.05) is 32.9 Å². The Morgan fingerprint density at radius 3 is 2.09 bits per heavy atom. The van der Waals surface area contributed by atoms with Gasteiger partial charge < -0.3 is 4.74 Å². The van der Waals surface area contributed by atoms with E-state index in [2.05, 4.69) is 32.9 Å². The molecule has 0 heterocycles. The number of hydrogen-bond acceptors (Lipinski definition) is 2. The molecule has 0 radical (unpaired) electrons. The molecule has 128 valence electrons. The van der Waals surface area contributed by atoms with Crippen LogP contribution in [0.1, 0.15) is 59.8 Å². The molecular weight excluding hydrogens is 284 g/mol. The molecule has 0 N–H and O–H groups in total. The lowest BCUT2D eigenvalue weighted by atomic mass is 9.47. The molecule has 23 heavy (non-hydrogen) atoms. The van der Waals surface area contributed by atoms with Gasteiger partial charge in [0.05, 0.1) is 12.0 Å². The highest BCUT2D eigenvalue weighted by molar-refractivity contribution is 5.80. The quantitative estimate of drug-likeness (QED) is 0.412. The van der Waals surface area contributed by atoms with Crippen molar-refractivity contribution in [3.05, 3.63) is 12.2 Å². The van der Waals surface area contributed by atoms with E-state index >= 15 is 0 Å². The molecule has 0 aromatic rings. The molecule has 7 atom stereocenters. The molecule has 4 bridgehead atoms. The van der Waals surface area contributed by atoms with Crippen LogP contribution in [0.4, 0.5) is 0 Å². The maximum atomic E-state index is 13.3. The van der Waals surface area contributed by atoms with Gasteiger partial charge in [-0.05, 0) is 80.0 Å². The Kier molecular flexibility index (Phi) is 3.49. The molecule has 4 aliphatic rings. The average Bonchev–Trinajstić information content (AvgIpc) is 3.30. The molecular formula is C21H32O2. The zero-order valence-electron chi connectivity index (χ0n) is 15.2. The smallest absolute Gasteiger partial charge is 0.312 e. The molecule has 0 aromatic heterocycles. The Balaban J connectivity index is 1.84. The van der Waals surface area contributed by atoms with E-state index in [1.165, 1.54) is 12.8 Å². The number of allylic oxidation sites excluding steroid dienone is 2. The van der Waals surface area contributed by atoms with Crippen LogP contribution in [0.3, 0.4) is 0 Å². The minimum Gasteiger partial charge on any atom is -0.466 e. The fourth-order valence-electron chi connectivity index (χ4n) is 8.22. The highest BCUT2D eigenvalue weighted by Crippen LogP contribution is 2.79. The van der Waals surface area contributed by atoms with Crippen molar-refractivity contribution in [1.82, 2.24) is 0 Å². The molecule has 2 heteroatoms. The third-order valence-corrected chi connectivity index (χ3v) is 8.71. The number of carbonyl (C=O) groups is 1. The van der Waals surface area contributed by atoms with Gasteiger partial charge in [-0.3, -0.25) is 4.79 Å². The summed E-state index contributed by atoms with van der Waals surface area (Å²) < 4.78 is 5.70. The summed E-state index contributed by atoms with van der Waals surface area (Å²) in [5, 5.41) is 0. The van der Waals surface area contributed by atoms with E-state index in [0.29, 0.717) is 12.5 Å². The second kappa shape index (κ2) is 5.10. The fourth-order valence-corrected chi connectivity index (χ4v) is 8.22. The number of hydrogen-bond donors (Lipinski definition) is 0. The van der Waals surface area contributed by atoms with Gasteiger partial charge >= 0.3 is 5.97 Å². The molecule has 0 aromatic carbocycles. The number of rotatable bonds is 5. The fraction of sp³-hybridized carbons (Fsp3) is 0.857. The molecule has 0 saturated heterocycles. The van der Waals surface area contributed by atoms with Gasteiger partial charge in [0.25, 0.3) is 0 Å². The lowest BCUT2D eigenvalue weighted by Gasteiger charge is -2.56. The summed E-state index contributed by atoms with van der Waals surface area (Å²) in [6.07, 6.45) is 10.8. The molecule has 0 spiro atoms. The van der Waals surface area contributed by atoms with Crippen LogP contribution in [0, 0.1) is 46.3 Å². The Hall–Kier alpha value is -0.790. The highest BCUT2D eigenvalue weighted by Gasteiger charge is 2.76. The first-order valence-corrected chi connectivity index (χ1v) is 9.96. The van der Waals surface area contributed by atoms with Gasteiger partial charge in [0.2, 0.25) is 0 Å². The van der Waals surface area contributed by atoms with E-state index in [0.717, 1.165) is 48.9 Å². The Morgan fingerprint density at radius 2 is 1.57 bits per heavy atom. The van der Waals surface area contributed by atoms with Crippen LogP contribution in [-0.4, -0.2) is 12.6 Å². The van der Waals surface area contributed by atoms with E-state index < -0.39 is 0 Å². The SMILES string of the molecule is CCOC(=O)C1(CC)C2CC(C3C4C=CC(C4)C32)C1(CC)CC. The average molecular weight is 316 g/mol. The minimum atomic E-state index is -0.226. The maximum Gasteiger partial charge on any atom is 0.312 e. The van der Waals surface area contributed by atoms with Gasteiger partial charge in [0.15, 0.2) is 0 Å². The van der Waals surface area contributed by atoms with Crippen molar-refractivity contribution in [2.75, 3.05) is 6.61 Å². The summed E-state index contributed by atoms with van der Waals surface area (Å²) in [7, 11) is 0. The van der Waals surface area contributed by atoms with Gasteiger partial charge in [0.1, 0.15) is 0 Å². The number of carbonyl (C=O) groups excluding carboxylic acids is 1. The van der Waals surface area contributed by atoms with Crippen LogP contribution in [-0.2, 0) is 9.53 Å². The van der Waals surface area contributed by atoms with Crippen molar-refractivity contribution in [2.24, 2.45) is 46.3 Å². The summed E-state index contributed by atoms with van der Waals surface area (Å²) >= 11 is 0. The van der Waals surface area contributed by atoms with Crippen LogP contribution < -0.4 is 0 Å². The van der Waals surface area contributed by atoms with E-state index in [1.807, 2.05) is 6.92 Å². The first kappa shape index (κ1) is 15.7. The lowest BCUT2D eigenvalue weighted by Crippen LogP contribution is -2.57. The van der Waals surface area contributed by atoms with Crippen molar-refractivity contribution in [2.45, 2.75) is 59.8 Å². The second-order valence-electron chi connectivity index (χ2n) is 8.46. The van der Waals surface area contributed by atoms with Gasteiger partial charge in [-0.2, -0.15) is 0 Å². The van der Waals surface area contributed by atoms with Crippen LogP contribution in [0.15, 0.2) is 12.2 Å². The lowest BCUT2D eigenvalue weighted by molar-refractivity contribution is -0.181. The summed E-state index contributed by atoms with van der Waals surface area (Å²) in [5.74, 6) is 4.57.